The van der Waals surface area contributed by atoms with E-state index in [9.17, 15) is 4.79 Å². The number of carbonyl (C=O) groups excluding carboxylic acids is 1. The Hall–Kier alpha value is -0.610. The van der Waals surface area contributed by atoms with Crippen LogP contribution in [0.1, 0.15) is 20.8 Å². The lowest BCUT2D eigenvalue weighted by molar-refractivity contribution is -0.132. The number of likely N-dealkylation sites (N-methyl/N-ethyl adjacent to an activating group) is 2. The van der Waals surface area contributed by atoms with E-state index < -0.39 is 0 Å². The van der Waals surface area contributed by atoms with Gasteiger partial charge in [-0.3, -0.25) is 9.69 Å². The molecule has 4 nitrogen and oxygen atoms in total. The number of aliphatic hydroxyl groups excluding tert-OH is 1. The molecule has 0 heterocycles. The molecule has 0 saturated carbocycles. The molecule has 0 aliphatic heterocycles. The summed E-state index contributed by atoms with van der Waals surface area (Å²) >= 11 is 0. The van der Waals surface area contributed by atoms with Gasteiger partial charge in [-0.15, -0.1) is 0 Å². The van der Waals surface area contributed by atoms with Crippen molar-refractivity contribution in [3.8, 4) is 0 Å². The van der Waals surface area contributed by atoms with Crippen molar-refractivity contribution in [2.24, 2.45) is 0 Å². The maximum atomic E-state index is 11.5. The molecule has 0 aliphatic rings. The van der Waals surface area contributed by atoms with Crippen molar-refractivity contribution in [1.29, 1.82) is 0 Å². The van der Waals surface area contributed by atoms with Gasteiger partial charge in [-0.25, -0.2) is 0 Å². The van der Waals surface area contributed by atoms with Gasteiger partial charge in [0, 0.05) is 19.1 Å². The minimum atomic E-state index is -0.343. The summed E-state index contributed by atoms with van der Waals surface area (Å²) in [5.74, 6) is 0.0801. The molecule has 0 aliphatic carbocycles. The number of rotatable bonds is 5. The van der Waals surface area contributed by atoms with Gasteiger partial charge in [0.25, 0.3) is 0 Å². The van der Waals surface area contributed by atoms with E-state index in [-0.39, 0.29) is 18.1 Å². The van der Waals surface area contributed by atoms with Crippen LogP contribution < -0.4 is 0 Å². The SMILES string of the molecule is CCN(C)C(=O)CN(C)C(C)(C)CO. The molecule has 0 bridgehead atoms. The first-order valence-electron chi connectivity index (χ1n) is 4.91. The van der Waals surface area contributed by atoms with Crippen LogP contribution in [0.15, 0.2) is 0 Å². The fourth-order valence-electron chi connectivity index (χ4n) is 0.835. The van der Waals surface area contributed by atoms with E-state index in [1.54, 1.807) is 11.9 Å². The van der Waals surface area contributed by atoms with Crippen LogP contribution in [0.25, 0.3) is 0 Å². The summed E-state index contributed by atoms with van der Waals surface area (Å²) in [7, 11) is 3.62. The van der Waals surface area contributed by atoms with Gasteiger partial charge in [0.05, 0.1) is 13.2 Å². The second kappa shape index (κ2) is 5.32. The lowest BCUT2D eigenvalue weighted by atomic mass is 10.1. The van der Waals surface area contributed by atoms with Crippen LogP contribution in [0, 0.1) is 0 Å². The van der Waals surface area contributed by atoms with Gasteiger partial charge < -0.3 is 10.0 Å². The van der Waals surface area contributed by atoms with Gasteiger partial charge in [0.1, 0.15) is 0 Å². The Balaban J connectivity index is 4.19. The van der Waals surface area contributed by atoms with E-state index in [0.717, 1.165) is 0 Å². The lowest BCUT2D eigenvalue weighted by Gasteiger charge is -2.34. The van der Waals surface area contributed by atoms with Crippen molar-refractivity contribution in [2.45, 2.75) is 26.3 Å². The molecule has 0 aromatic rings. The van der Waals surface area contributed by atoms with Crippen molar-refractivity contribution in [3.63, 3.8) is 0 Å². The van der Waals surface area contributed by atoms with Crippen LogP contribution in [-0.4, -0.2) is 60.1 Å². The third kappa shape index (κ3) is 3.64. The number of amides is 1. The number of hydrogen-bond acceptors (Lipinski definition) is 3. The minimum Gasteiger partial charge on any atom is -0.394 e. The zero-order chi connectivity index (χ0) is 11.4. The van der Waals surface area contributed by atoms with Gasteiger partial charge in [-0.2, -0.15) is 0 Å². The first kappa shape index (κ1) is 13.4. The summed E-state index contributed by atoms with van der Waals surface area (Å²) in [6, 6.07) is 0. The second-order valence-corrected chi connectivity index (χ2v) is 4.23. The molecule has 0 spiro atoms. The minimum absolute atomic E-state index is 0.0482. The summed E-state index contributed by atoms with van der Waals surface area (Å²) in [5, 5.41) is 9.11. The summed E-state index contributed by atoms with van der Waals surface area (Å²) in [6.45, 7) is 6.87. The van der Waals surface area contributed by atoms with Crippen molar-refractivity contribution >= 4 is 5.91 Å². The summed E-state index contributed by atoms with van der Waals surface area (Å²) in [6.07, 6.45) is 0. The first-order valence-corrected chi connectivity index (χ1v) is 4.91. The van der Waals surface area contributed by atoms with Crippen molar-refractivity contribution < 1.29 is 9.90 Å². The van der Waals surface area contributed by atoms with Crippen molar-refractivity contribution in [3.05, 3.63) is 0 Å². The third-order valence-electron chi connectivity index (χ3n) is 2.69. The Kier molecular flexibility index (Phi) is 5.08. The van der Waals surface area contributed by atoms with Gasteiger partial charge in [0.15, 0.2) is 0 Å². The van der Waals surface area contributed by atoms with Crippen LogP contribution in [0.3, 0.4) is 0 Å². The second-order valence-electron chi connectivity index (χ2n) is 4.23. The quantitative estimate of drug-likeness (QED) is 0.691. The molecule has 0 rings (SSSR count). The van der Waals surface area contributed by atoms with Gasteiger partial charge in [0.2, 0.25) is 5.91 Å². The van der Waals surface area contributed by atoms with E-state index in [2.05, 4.69) is 0 Å². The van der Waals surface area contributed by atoms with Crippen LogP contribution in [-0.2, 0) is 4.79 Å². The molecule has 0 unspecified atom stereocenters. The van der Waals surface area contributed by atoms with E-state index >= 15 is 0 Å². The Bertz CT molecular complexity index is 193. The van der Waals surface area contributed by atoms with Gasteiger partial charge in [-0.05, 0) is 27.8 Å². The molecular formula is C10H22N2O2. The van der Waals surface area contributed by atoms with Crippen LogP contribution in [0.4, 0.5) is 0 Å². The fraction of sp³-hybridized carbons (Fsp3) is 0.900. The molecule has 0 fully saturated rings. The molecule has 0 aromatic heterocycles. The maximum Gasteiger partial charge on any atom is 0.236 e. The highest BCUT2D eigenvalue weighted by Crippen LogP contribution is 2.10. The molecule has 0 atom stereocenters. The van der Waals surface area contributed by atoms with E-state index in [4.69, 9.17) is 5.11 Å². The summed E-state index contributed by atoms with van der Waals surface area (Å²) in [4.78, 5) is 15.1. The molecule has 0 radical (unpaired) electrons. The molecule has 1 N–H and O–H groups in total. The Morgan fingerprint density at radius 1 is 1.36 bits per heavy atom. The zero-order valence-corrected chi connectivity index (χ0v) is 9.87. The highest BCUT2D eigenvalue weighted by atomic mass is 16.3. The van der Waals surface area contributed by atoms with E-state index in [1.807, 2.05) is 32.7 Å². The average Bonchev–Trinajstić information content (AvgIpc) is 2.16. The maximum absolute atomic E-state index is 11.5. The fourth-order valence-corrected chi connectivity index (χ4v) is 0.835. The number of nitrogens with zero attached hydrogens (tertiary/aromatic N) is 2. The predicted octanol–water partition coefficient (Wildman–Crippen LogP) is 0.167. The molecule has 84 valence electrons. The van der Waals surface area contributed by atoms with Crippen LogP contribution in [0.5, 0.6) is 0 Å². The van der Waals surface area contributed by atoms with Gasteiger partial charge in [-0.1, -0.05) is 0 Å². The average molecular weight is 202 g/mol. The summed E-state index contributed by atoms with van der Waals surface area (Å²) in [5.41, 5.74) is -0.343. The standard InChI is InChI=1S/C10H22N2O2/c1-6-11(4)9(14)7-12(5)10(2,3)8-13/h13H,6-8H2,1-5H3. The Labute approximate surface area is 86.5 Å². The van der Waals surface area contributed by atoms with Crippen molar-refractivity contribution in [1.82, 2.24) is 9.80 Å². The van der Waals surface area contributed by atoms with Crippen LogP contribution >= 0.6 is 0 Å². The molecule has 4 heteroatoms. The highest BCUT2D eigenvalue weighted by molar-refractivity contribution is 5.77. The molecule has 1 amide bonds. The number of aliphatic hydroxyl groups is 1. The molecule has 0 saturated heterocycles. The molecule has 0 aromatic carbocycles. The third-order valence-corrected chi connectivity index (χ3v) is 2.69. The van der Waals surface area contributed by atoms with E-state index in [1.165, 1.54) is 0 Å². The smallest absolute Gasteiger partial charge is 0.236 e. The zero-order valence-electron chi connectivity index (χ0n) is 9.87. The van der Waals surface area contributed by atoms with Crippen molar-refractivity contribution in [2.75, 3.05) is 33.8 Å². The summed E-state index contributed by atoms with van der Waals surface area (Å²) < 4.78 is 0. The van der Waals surface area contributed by atoms with E-state index in [0.29, 0.717) is 13.1 Å². The number of carbonyl (C=O) groups is 1. The van der Waals surface area contributed by atoms with Gasteiger partial charge >= 0.3 is 0 Å². The lowest BCUT2D eigenvalue weighted by Crippen LogP contribution is -2.49. The monoisotopic (exact) mass is 202 g/mol. The first-order chi connectivity index (χ1) is 6.35. The highest BCUT2D eigenvalue weighted by Gasteiger charge is 2.24. The Morgan fingerprint density at radius 2 is 1.86 bits per heavy atom. The molecule has 14 heavy (non-hydrogen) atoms. The normalized spacial score (nSPS) is 11.9. The Morgan fingerprint density at radius 3 is 2.21 bits per heavy atom. The number of hydrogen-bond donors (Lipinski definition) is 1. The van der Waals surface area contributed by atoms with Crippen LogP contribution in [0.2, 0.25) is 0 Å². The topological polar surface area (TPSA) is 43.8 Å². The predicted molar refractivity (Wildman–Crippen MR) is 57.1 cm³/mol. The molecular weight excluding hydrogens is 180 g/mol. The largest absolute Gasteiger partial charge is 0.394 e.